The van der Waals surface area contributed by atoms with Gasteiger partial charge in [-0.15, -0.1) is 18.8 Å². The van der Waals surface area contributed by atoms with Crippen molar-refractivity contribution in [2.75, 3.05) is 26.9 Å². The molecule has 5 nitrogen and oxygen atoms in total. The van der Waals surface area contributed by atoms with Gasteiger partial charge in [-0.3, -0.25) is 4.79 Å². The molecule has 1 N–H and O–H groups in total. The molecular formula is C26H28ClNO4. The van der Waals surface area contributed by atoms with Gasteiger partial charge >= 0.3 is 0 Å². The van der Waals surface area contributed by atoms with Gasteiger partial charge < -0.3 is 19.5 Å². The summed E-state index contributed by atoms with van der Waals surface area (Å²) >= 11 is 5.91. The first-order valence-corrected chi connectivity index (χ1v) is 10.8. The number of hydrogen-bond donors (Lipinski definition) is 1. The predicted octanol–water partition coefficient (Wildman–Crippen LogP) is 4.52. The quantitative estimate of drug-likeness (QED) is 0.358. The van der Waals surface area contributed by atoms with Crippen LogP contribution in [0.2, 0.25) is 5.02 Å². The minimum absolute atomic E-state index is 0.0584. The lowest BCUT2D eigenvalue weighted by molar-refractivity contribution is -0.126. The van der Waals surface area contributed by atoms with Gasteiger partial charge in [0.2, 0.25) is 5.91 Å². The zero-order valence-electron chi connectivity index (χ0n) is 18.2. The predicted molar refractivity (Wildman–Crippen MR) is 127 cm³/mol. The van der Waals surface area contributed by atoms with Gasteiger partial charge in [0.1, 0.15) is 12.4 Å². The van der Waals surface area contributed by atoms with Crippen LogP contribution in [0.5, 0.6) is 17.2 Å². The highest BCUT2D eigenvalue weighted by Gasteiger charge is 2.19. The van der Waals surface area contributed by atoms with Gasteiger partial charge in [-0.1, -0.05) is 23.6 Å². The third kappa shape index (κ3) is 8.46. The number of carbonyl (C=O) groups excluding carboxylic acids is 1. The number of halogens is 1. The van der Waals surface area contributed by atoms with Crippen LogP contribution in [0, 0.1) is 30.6 Å². The summed E-state index contributed by atoms with van der Waals surface area (Å²) in [7, 11) is 1.57. The van der Waals surface area contributed by atoms with Crippen LogP contribution in [-0.4, -0.2) is 32.8 Å². The molecule has 168 valence electrons. The van der Waals surface area contributed by atoms with Gasteiger partial charge in [0.15, 0.2) is 11.5 Å². The molecule has 0 saturated carbocycles. The highest BCUT2D eigenvalue weighted by atomic mass is 35.5. The molecule has 0 heterocycles. The van der Waals surface area contributed by atoms with Crippen LogP contribution in [0.3, 0.4) is 0 Å². The van der Waals surface area contributed by atoms with Gasteiger partial charge in [-0.25, -0.2) is 0 Å². The summed E-state index contributed by atoms with van der Waals surface area (Å²) in [6.45, 7) is 0.928. The third-order valence-corrected chi connectivity index (χ3v) is 5.01. The molecule has 0 saturated heterocycles. The summed E-state index contributed by atoms with van der Waals surface area (Å²) in [4.78, 5) is 12.8. The molecule has 0 aromatic heterocycles. The van der Waals surface area contributed by atoms with E-state index in [1.807, 2.05) is 18.2 Å². The summed E-state index contributed by atoms with van der Waals surface area (Å²) in [5.41, 5.74) is 1.01. The van der Waals surface area contributed by atoms with Crippen molar-refractivity contribution >= 4 is 17.5 Å². The lowest BCUT2D eigenvalue weighted by atomic mass is 10.0. The number of unbranched alkanes of at least 4 members (excludes halogenated alkanes) is 1. The molecular weight excluding hydrogens is 426 g/mol. The molecule has 1 atom stereocenters. The standard InChI is InChI=1S/C26H28ClNO4/c1-4-6-7-8-21(19-32-23-12-10-22(27)11-13-23)26(29)28-16-15-20-9-14-24(31-17-5-2)25(18-20)30-3/h1-2,9-14,18,21H,6-8,15-17,19H2,3H3,(H,28,29). The van der Waals surface area contributed by atoms with E-state index in [-0.39, 0.29) is 25.0 Å². The molecule has 32 heavy (non-hydrogen) atoms. The minimum atomic E-state index is -0.298. The van der Waals surface area contributed by atoms with Crippen LogP contribution in [0.1, 0.15) is 24.8 Å². The van der Waals surface area contributed by atoms with Crippen molar-refractivity contribution < 1.29 is 19.0 Å². The number of ether oxygens (including phenoxy) is 3. The van der Waals surface area contributed by atoms with Crippen LogP contribution in [0.25, 0.3) is 0 Å². The van der Waals surface area contributed by atoms with E-state index in [0.717, 1.165) is 12.0 Å². The number of terminal acetylenes is 2. The van der Waals surface area contributed by atoms with E-state index in [0.29, 0.717) is 48.1 Å². The molecule has 0 radical (unpaired) electrons. The van der Waals surface area contributed by atoms with Gasteiger partial charge in [0.05, 0.1) is 19.6 Å². The Balaban J connectivity index is 1.90. The van der Waals surface area contributed by atoms with Gasteiger partial charge in [-0.2, -0.15) is 0 Å². The lowest BCUT2D eigenvalue weighted by Crippen LogP contribution is -2.35. The number of carbonyl (C=O) groups is 1. The van der Waals surface area contributed by atoms with Crippen molar-refractivity contribution in [3.63, 3.8) is 0 Å². The number of benzene rings is 2. The van der Waals surface area contributed by atoms with Crippen LogP contribution in [0.4, 0.5) is 0 Å². The maximum Gasteiger partial charge on any atom is 0.226 e. The van der Waals surface area contributed by atoms with Crippen molar-refractivity contribution in [2.45, 2.75) is 25.7 Å². The molecule has 0 spiro atoms. The van der Waals surface area contributed by atoms with Gasteiger partial charge in [0.25, 0.3) is 0 Å². The second-order valence-electron chi connectivity index (χ2n) is 7.08. The van der Waals surface area contributed by atoms with Gasteiger partial charge in [-0.05, 0) is 61.2 Å². The first kappa shape index (κ1) is 25.0. The summed E-state index contributed by atoms with van der Waals surface area (Å²) < 4.78 is 16.6. The zero-order valence-corrected chi connectivity index (χ0v) is 19.0. The van der Waals surface area contributed by atoms with E-state index >= 15 is 0 Å². The molecule has 0 aliphatic carbocycles. The number of methoxy groups -OCH3 is 1. The van der Waals surface area contributed by atoms with Gasteiger partial charge in [0, 0.05) is 18.0 Å². The Labute approximate surface area is 195 Å². The van der Waals surface area contributed by atoms with E-state index in [1.54, 1.807) is 31.4 Å². The van der Waals surface area contributed by atoms with Crippen molar-refractivity contribution in [3.8, 4) is 41.9 Å². The molecule has 6 heteroatoms. The molecule has 0 fully saturated rings. The van der Waals surface area contributed by atoms with Crippen LogP contribution >= 0.6 is 11.6 Å². The average molecular weight is 454 g/mol. The maximum atomic E-state index is 12.8. The normalized spacial score (nSPS) is 11.0. The second-order valence-corrected chi connectivity index (χ2v) is 7.51. The number of hydrogen-bond acceptors (Lipinski definition) is 4. The monoisotopic (exact) mass is 453 g/mol. The highest BCUT2D eigenvalue weighted by molar-refractivity contribution is 6.30. The molecule has 2 aromatic carbocycles. The summed E-state index contributed by atoms with van der Waals surface area (Å²) in [5, 5.41) is 3.63. The number of amides is 1. The van der Waals surface area contributed by atoms with Crippen molar-refractivity contribution in [3.05, 3.63) is 53.1 Å². The Hall–Kier alpha value is -3.28. The fraction of sp³-hybridized carbons (Fsp3) is 0.346. The second kappa shape index (κ2) is 13.9. The molecule has 2 aromatic rings. The summed E-state index contributed by atoms with van der Waals surface area (Å²) in [5.74, 6) is 6.55. The fourth-order valence-corrected chi connectivity index (χ4v) is 3.17. The Morgan fingerprint density at radius 2 is 1.88 bits per heavy atom. The van der Waals surface area contributed by atoms with E-state index < -0.39 is 0 Å². The highest BCUT2D eigenvalue weighted by Crippen LogP contribution is 2.28. The fourth-order valence-electron chi connectivity index (χ4n) is 3.05. The van der Waals surface area contributed by atoms with Crippen molar-refractivity contribution in [1.29, 1.82) is 0 Å². The Kier molecular flexibility index (Phi) is 10.9. The van der Waals surface area contributed by atoms with Crippen molar-refractivity contribution in [2.24, 2.45) is 5.92 Å². The zero-order chi connectivity index (χ0) is 23.2. The Bertz CT molecular complexity index is 944. The van der Waals surface area contributed by atoms with E-state index in [9.17, 15) is 4.79 Å². The van der Waals surface area contributed by atoms with E-state index in [2.05, 4.69) is 17.2 Å². The largest absolute Gasteiger partial charge is 0.493 e. The van der Waals surface area contributed by atoms with E-state index in [1.165, 1.54) is 0 Å². The molecule has 1 unspecified atom stereocenters. The summed E-state index contributed by atoms with van der Waals surface area (Å²) in [6.07, 6.45) is 13.3. The number of nitrogens with one attached hydrogen (secondary N) is 1. The van der Waals surface area contributed by atoms with Crippen LogP contribution in [-0.2, 0) is 11.2 Å². The molecule has 0 bridgehead atoms. The minimum Gasteiger partial charge on any atom is -0.493 e. The SMILES string of the molecule is C#CCCCC(COc1ccc(Cl)cc1)C(=O)NCCc1ccc(OCC#C)c(OC)c1. The molecule has 0 aliphatic heterocycles. The summed E-state index contributed by atoms with van der Waals surface area (Å²) in [6, 6.07) is 12.7. The smallest absolute Gasteiger partial charge is 0.226 e. The Morgan fingerprint density at radius 1 is 1.09 bits per heavy atom. The molecule has 1 amide bonds. The van der Waals surface area contributed by atoms with E-state index in [4.69, 9.17) is 38.7 Å². The topological polar surface area (TPSA) is 56.8 Å². The van der Waals surface area contributed by atoms with Crippen LogP contribution < -0.4 is 19.5 Å². The third-order valence-electron chi connectivity index (χ3n) is 4.76. The van der Waals surface area contributed by atoms with Crippen molar-refractivity contribution in [1.82, 2.24) is 5.32 Å². The first-order chi connectivity index (χ1) is 15.6. The maximum absolute atomic E-state index is 12.8. The molecule has 0 aliphatic rings. The average Bonchev–Trinajstić information content (AvgIpc) is 2.81. The lowest BCUT2D eigenvalue weighted by Gasteiger charge is -2.17. The molecule has 2 rings (SSSR count). The number of rotatable bonds is 13. The Morgan fingerprint density at radius 3 is 2.56 bits per heavy atom. The first-order valence-electron chi connectivity index (χ1n) is 10.4. The van der Waals surface area contributed by atoms with Crippen LogP contribution in [0.15, 0.2) is 42.5 Å².